The largest absolute Gasteiger partial charge is 0.497 e. The zero-order chi connectivity index (χ0) is 12.8. The molecule has 0 radical (unpaired) electrons. The highest BCUT2D eigenvalue weighted by Gasteiger charge is 1.98. The van der Waals surface area contributed by atoms with Gasteiger partial charge in [-0.3, -0.25) is 0 Å². The van der Waals surface area contributed by atoms with Crippen molar-refractivity contribution >= 4 is 28.4 Å². The maximum absolute atomic E-state index is 6.23. The van der Waals surface area contributed by atoms with E-state index < -0.39 is 0 Å². The summed E-state index contributed by atoms with van der Waals surface area (Å²) in [6.45, 7) is 0. The van der Waals surface area contributed by atoms with E-state index in [-0.39, 0.29) is 0 Å². The monoisotopic (exact) mass is 276 g/mol. The summed E-state index contributed by atoms with van der Waals surface area (Å²) in [5.74, 6) is 0.859. The topological polar surface area (TPSA) is 9.23 Å². The number of ether oxygens (including phenoxy) is 1. The van der Waals surface area contributed by atoms with Gasteiger partial charge in [0.05, 0.1) is 12.1 Å². The molecule has 0 fully saturated rings. The van der Waals surface area contributed by atoms with Crippen LogP contribution in [0.1, 0.15) is 5.56 Å². The molecule has 92 valence electrons. The van der Waals surface area contributed by atoms with Crippen molar-refractivity contribution in [1.82, 2.24) is 0 Å². The first-order valence-corrected chi connectivity index (χ1v) is 6.77. The average Bonchev–Trinajstić information content (AvgIpc) is 2.46. The van der Waals surface area contributed by atoms with Crippen molar-refractivity contribution in [3.8, 4) is 5.75 Å². The summed E-state index contributed by atoms with van der Waals surface area (Å²) >= 11 is 7.82. The summed E-state index contributed by atoms with van der Waals surface area (Å²) in [4.78, 5) is 1.13. The molecule has 0 spiro atoms. The second-order valence-corrected chi connectivity index (χ2v) is 4.98. The molecule has 2 aromatic carbocycles. The molecule has 0 saturated carbocycles. The molecule has 0 saturated heterocycles. The zero-order valence-corrected chi connectivity index (χ0v) is 11.5. The Morgan fingerprint density at radius 2 is 1.72 bits per heavy atom. The number of thioether (sulfide) groups is 1. The van der Waals surface area contributed by atoms with Crippen molar-refractivity contribution in [3.05, 3.63) is 65.6 Å². The summed E-state index contributed by atoms with van der Waals surface area (Å²) in [6, 6.07) is 17.8. The minimum Gasteiger partial charge on any atom is -0.497 e. The molecule has 0 heterocycles. The van der Waals surface area contributed by atoms with Crippen LogP contribution in [0.3, 0.4) is 0 Å². The third-order valence-corrected chi connectivity index (χ3v) is 3.76. The van der Waals surface area contributed by atoms with Crippen LogP contribution in [0, 0.1) is 0 Å². The lowest BCUT2D eigenvalue weighted by Gasteiger charge is -2.01. The van der Waals surface area contributed by atoms with Crippen molar-refractivity contribution in [2.24, 2.45) is 0 Å². The number of hydrogen-bond donors (Lipinski definition) is 0. The van der Waals surface area contributed by atoms with Crippen molar-refractivity contribution in [3.63, 3.8) is 0 Å². The molecule has 0 aliphatic heterocycles. The van der Waals surface area contributed by atoms with Gasteiger partial charge in [-0.05, 0) is 35.2 Å². The van der Waals surface area contributed by atoms with Crippen molar-refractivity contribution < 1.29 is 4.74 Å². The zero-order valence-electron chi connectivity index (χ0n) is 9.97. The quantitative estimate of drug-likeness (QED) is 0.725. The van der Waals surface area contributed by atoms with Gasteiger partial charge < -0.3 is 4.74 Å². The van der Waals surface area contributed by atoms with Crippen LogP contribution in [0.4, 0.5) is 0 Å². The normalized spacial score (nSPS) is 11.3. The third-order valence-electron chi connectivity index (χ3n) is 2.41. The second kappa shape index (κ2) is 6.53. The van der Waals surface area contributed by atoms with Gasteiger partial charge >= 0.3 is 0 Å². The molecule has 2 aromatic rings. The van der Waals surface area contributed by atoms with E-state index in [0.29, 0.717) is 0 Å². The first kappa shape index (κ1) is 13.1. The lowest BCUT2D eigenvalue weighted by atomic mass is 10.2. The van der Waals surface area contributed by atoms with Gasteiger partial charge in [0, 0.05) is 4.90 Å². The standard InChI is InChI=1S/C15H13ClOS/c1-17-13-7-9-14(10-8-13)18-11-15(16)12-5-3-2-4-6-12/h2-11H,1H3/b15-11-. The molecule has 0 unspecified atom stereocenters. The Bertz CT molecular complexity index is 520. The lowest BCUT2D eigenvalue weighted by Crippen LogP contribution is -1.80. The summed E-state index contributed by atoms with van der Waals surface area (Å²) in [6.07, 6.45) is 0. The molecule has 0 atom stereocenters. The van der Waals surface area contributed by atoms with Gasteiger partial charge in [-0.1, -0.05) is 53.7 Å². The van der Waals surface area contributed by atoms with Crippen molar-refractivity contribution in [2.75, 3.05) is 7.11 Å². The Kier molecular flexibility index (Phi) is 4.73. The Labute approximate surface area is 116 Å². The molecule has 0 aliphatic rings. The Morgan fingerprint density at radius 3 is 2.33 bits per heavy atom. The smallest absolute Gasteiger partial charge is 0.118 e. The fraction of sp³-hybridized carbons (Fsp3) is 0.0667. The molecule has 0 bridgehead atoms. The van der Waals surface area contributed by atoms with Gasteiger partial charge in [0.1, 0.15) is 5.75 Å². The van der Waals surface area contributed by atoms with Crippen LogP contribution in [0.15, 0.2) is 64.9 Å². The summed E-state index contributed by atoms with van der Waals surface area (Å²) in [7, 11) is 1.66. The minimum absolute atomic E-state index is 0.747. The first-order chi connectivity index (χ1) is 8.79. The summed E-state index contributed by atoms with van der Waals surface area (Å²) in [5.41, 5.74) is 1.03. The van der Waals surface area contributed by atoms with Gasteiger partial charge in [-0.15, -0.1) is 0 Å². The highest BCUT2D eigenvalue weighted by Crippen LogP contribution is 2.28. The van der Waals surface area contributed by atoms with E-state index in [1.807, 2.05) is 60.0 Å². The predicted molar refractivity (Wildman–Crippen MR) is 79.1 cm³/mol. The molecule has 2 rings (SSSR count). The molecule has 1 nitrogen and oxygen atoms in total. The first-order valence-electron chi connectivity index (χ1n) is 5.51. The minimum atomic E-state index is 0.747. The Balaban J connectivity index is 2.05. The van der Waals surface area contributed by atoms with Gasteiger partial charge in [0.25, 0.3) is 0 Å². The predicted octanol–water partition coefficient (Wildman–Crippen LogP) is 5.02. The van der Waals surface area contributed by atoms with Crippen LogP contribution in [0.5, 0.6) is 5.75 Å². The molecule has 3 heteroatoms. The van der Waals surface area contributed by atoms with E-state index >= 15 is 0 Å². The van der Waals surface area contributed by atoms with E-state index in [9.17, 15) is 0 Å². The molecule has 0 aliphatic carbocycles. The fourth-order valence-corrected chi connectivity index (χ4v) is 2.37. The highest BCUT2D eigenvalue weighted by atomic mass is 35.5. The lowest BCUT2D eigenvalue weighted by molar-refractivity contribution is 0.414. The third kappa shape index (κ3) is 3.56. The SMILES string of the molecule is COc1ccc(S/C=C(\Cl)c2ccccc2)cc1. The van der Waals surface area contributed by atoms with Crippen molar-refractivity contribution in [2.45, 2.75) is 4.90 Å². The maximum Gasteiger partial charge on any atom is 0.118 e. The molecule has 0 N–H and O–H groups in total. The summed E-state index contributed by atoms with van der Waals surface area (Å²) < 4.78 is 5.11. The molecule has 0 amide bonds. The van der Waals surface area contributed by atoms with Gasteiger partial charge in [0.2, 0.25) is 0 Å². The Hall–Kier alpha value is -1.38. The van der Waals surface area contributed by atoms with E-state index in [1.165, 1.54) is 0 Å². The number of methoxy groups -OCH3 is 1. The molecular formula is C15H13ClOS. The van der Waals surface area contributed by atoms with Crippen LogP contribution in [0.2, 0.25) is 0 Å². The van der Waals surface area contributed by atoms with Crippen LogP contribution >= 0.6 is 23.4 Å². The van der Waals surface area contributed by atoms with E-state index in [2.05, 4.69) is 0 Å². The van der Waals surface area contributed by atoms with Crippen LogP contribution < -0.4 is 4.74 Å². The molecule has 18 heavy (non-hydrogen) atoms. The van der Waals surface area contributed by atoms with Gasteiger partial charge in [-0.25, -0.2) is 0 Å². The number of benzene rings is 2. The fourth-order valence-electron chi connectivity index (χ4n) is 1.44. The average molecular weight is 277 g/mol. The van der Waals surface area contributed by atoms with E-state index in [4.69, 9.17) is 16.3 Å². The summed E-state index contributed by atoms with van der Waals surface area (Å²) in [5, 5.41) is 2.69. The highest BCUT2D eigenvalue weighted by molar-refractivity contribution is 8.02. The second-order valence-electron chi connectivity index (χ2n) is 3.63. The van der Waals surface area contributed by atoms with Gasteiger partial charge in [-0.2, -0.15) is 0 Å². The number of hydrogen-bond acceptors (Lipinski definition) is 2. The number of halogens is 1. The van der Waals surface area contributed by atoms with Crippen LogP contribution in [-0.2, 0) is 0 Å². The molecule has 0 aromatic heterocycles. The molecular weight excluding hydrogens is 264 g/mol. The van der Waals surface area contributed by atoms with Crippen LogP contribution in [-0.4, -0.2) is 7.11 Å². The van der Waals surface area contributed by atoms with E-state index in [0.717, 1.165) is 21.2 Å². The maximum atomic E-state index is 6.23. The number of rotatable bonds is 4. The van der Waals surface area contributed by atoms with Crippen LogP contribution in [0.25, 0.3) is 5.03 Å². The Morgan fingerprint density at radius 1 is 1.06 bits per heavy atom. The van der Waals surface area contributed by atoms with Gasteiger partial charge in [0.15, 0.2) is 0 Å². The van der Waals surface area contributed by atoms with E-state index in [1.54, 1.807) is 18.9 Å². The van der Waals surface area contributed by atoms with Crippen molar-refractivity contribution in [1.29, 1.82) is 0 Å².